The Balaban J connectivity index is 1.78. The molecule has 102 valence electrons. The molecule has 1 N–H and O–H groups in total. The molecule has 0 saturated heterocycles. The summed E-state index contributed by atoms with van der Waals surface area (Å²) < 4.78 is 6.77. The quantitative estimate of drug-likeness (QED) is 0.899. The molecule has 3 rings (SSSR count). The number of halogens is 2. The van der Waals surface area contributed by atoms with E-state index in [2.05, 4.69) is 26.3 Å². The second-order valence-electron chi connectivity index (χ2n) is 4.18. The van der Waals surface area contributed by atoms with E-state index >= 15 is 0 Å². The van der Waals surface area contributed by atoms with Gasteiger partial charge in [-0.1, -0.05) is 27.5 Å². The van der Waals surface area contributed by atoms with Crippen LogP contribution in [0.3, 0.4) is 0 Å². The van der Waals surface area contributed by atoms with Gasteiger partial charge in [0.05, 0.1) is 10.7 Å². The van der Waals surface area contributed by atoms with E-state index in [0.717, 1.165) is 15.9 Å². The summed E-state index contributed by atoms with van der Waals surface area (Å²) in [5, 5.41) is 2.46. The number of hydrazine groups is 1. The zero-order valence-electron chi connectivity index (χ0n) is 10.4. The number of anilines is 1. The van der Waals surface area contributed by atoms with Gasteiger partial charge in [0.2, 0.25) is 0 Å². The molecule has 0 radical (unpaired) electrons. The predicted octanol–water partition coefficient (Wildman–Crippen LogP) is 4.21. The summed E-state index contributed by atoms with van der Waals surface area (Å²) in [6.07, 6.45) is 1.64. The first-order valence-electron chi connectivity index (χ1n) is 5.97. The molecule has 0 unspecified atom stereocenters. The molecule has 0 fully saturated rings. The average molecular weight is 353 g/mol. The summed E-state index contributed by atoms with van der Waals surface area (Å²) in [6, 6.07) is 13.2. The highest BCUT2D eigenvalue weighted by molar-refractivity contribution is 9.10. The van der Waals surface area contributed by atoms with Crippen LogP contribution >= 0.6 is 27.5 Å². The van der Waals surface area contributed by atoms with Gasteiger partial charge in [0.25, 0.3) is 0 Å². The molecule has 1 aliphatic rings. The fraction of sp³-hybridized carbons (Fsp3) is 0.0714. The van der Waals surface area contributed by atoms with Gasteiger partial charge in [-0.25, -0.2) is 0 Å². The molecule has 6 heteroatoms. The molecule has 2 aromatic carbocycles. The van der Waals surface area contributed by atoms with Crippen LogP contribution in [-0.2, 0) is 0 Å². The van der Waals surface area contributed by atoms with Gasteiger partial charge in [-0.15, -0.1) is 0 Å². The molecule has 20 heavy (non-hydrogen) atoms. The van der Waals surface area contributed by atoms with Gasteiger partial charge in [0.15, 0.2) is 0 Å². The minimum atomic E-state index is 0.548. The van der Waals surface area contributed by atoms with Crippen LogP contribution in [0.4, 0.5) is 5.69 Å². The average Bonchev–Trinajstić information content (AvgIpc) is 2.95. The van der Waals surface area contributed by atoms with Gasteiger partial charge in [-0.3, -0.25) is 15.4 Å². The van der Waals surface area contributed by atoms with Crippen molar-refractivity contribution in [2.45, 2.75) is 0 Å². The van der Waals surface area contributed by atoms with Crippen molar-refractivity contribution >= 4 is 39.6 Å². The third-order valence-electron chi connectivity index (χ3n) is 2.79. The van der Waals surface area contributed by atoms with Gasteiger partial charge in [-0.05, 0) is 36.4 Å². The largest absolute Gasteiger partial charge is 0.457 e. The molecule has 1 heterocycles. The van der Waals surface area contributed by atoms with Crippen molar-refractivity contribution in [3.8, 4) is 11.5 Å². The van der Waals surface area contributed by atoms with Crippen LogP contribution in [-0.4, -0.2) is 13.0 Å². The SMILES string of the molecule is Clc1cc(Oc2ccc(Br)cc2)ccc1N1CN=CN1. The number of ether oxygens (including phenoxy) is 1. The minimum absolute atomic E-state index is 0.548. The molecule has 0 aliphatic carbocycles. The number of aliphatic imine (C=N–C) groups is 1. The summed E-state index contributed by atoms with van der Waals surface area (Å²) >= 11 is 9.66. The van der Waals surface area contributed by atoms with E-state index in [-0.39, 0.29) is 0 Å². The Labute approximate surface area is 130 Å². The Bertz CT molecular complexity index is 637. The summed E-state index contributed by atoms with van der Waals surface area (Å²) in [4.78, 5) is 4.08. The maximum atomic E-state index is 6.28. The fourth-order valence-corrected chi connectivity index (χ4v) is 2.37. The second kappa shape index (κ2) is 5.73. The number of rotatable bonds is 3. The van der Waals surface area contributed by atoms with Crippen LogP contribution in [0, 0.1) is 0 Å². The zero-order valence-corrected chi connectivity index (χ0v) is 12.7. The normalized spacial score (nSPS) is 13.4. The van der Waals surface area contributed by atoms with Crippen LogP contribution in [0.5, 0.6) is 11.5 Å². The fourth-order valence-electron chi connectivity index (χ4n) is 1.83. The lowest BCUT2D eigenvalue weighted by Gasteiger charge is -2.18. The third kappa shape index (κ3) is 2.89. The maximum Gasteiger partial charge on any atom is 0.131 e. The molecule has 0 aromatic heterocycles. The topological polar surface area (TPSA) is 36.9 Å². The Hall–Kier alpha value is -1.72. The molecule has 0 atom stereocenters. The highest BCUT2D eigenvalue weighted by Crippen LogP contribution is 2.32. The van der Waals surface area contributed by atoms with Crippen molar-refractivity contribution in [2.75, 3.05) is 11.7 Å². The van der Waals surface area contributed by atoms with Crippen molar-refractivity contribution in [1.82, 2.24) is 5.43 Å². The monoisotopic (exact) mass is 351 g/mol. The van der Waals surface area contributed by atoms with E-state index in [9.17, 15) is 0 Å². The number of hydrogen-bond acceptors (Lipinski definition) is 4. The van der Waals surface area contributed by atoms with E-state index in [1.54, 1.807) is 12.4 Å². The number of benzene rings is 2. The Kier molecular flexibility index (Phi) is 3.80. The molecule has 0 amide bonds. The zero-order chi connectivity index (χ0) is 13.9. The first kappa shape index (κ1) is 13.3. The van der Waals surface area contributed by atoms with Gasteiger partial charge in [0.1, 0.15) is 24.5 Å². The molecule has 0 bridgehead atoms. The number of nitrogens with one attached hydrogen (secondary N) is 1. The predicted molar refractivity (Wildman–Crippen MR) is 84.6 cm³/mol. The van der Waals surface area contributed by atoms with Crippen molar-refractivity contribution in [3.63, 3.8) is 0 Å². The van der Waals surface area contributed by atoms with Crippen molar-refractivity contribution < 1.29 is 4.74 Å². The van der Waals surface area contributed by atoms with Crippen LogP contribution in [0.25, 0.3) is 0 Å². The van der Waals surface area contributed by atoms with Crippen LogP contribution in [0.1, 0.15) is 0 Å². The lowest BCUT2D eigenvalue weighted by molar-refractivity contribution is 0.482. The third-order valence-corrected chi connectivity index (χ3v) is 3.62. The summed E-state index contributed by atoms with van der Waals surface area (Å²) in [5.74, 6) is 1.46. The van der Waals surface area contributed by atoms with E-state index < -0.39 is 0 Å². The van der Waals surface area contributed by atoms with E-state index in [1.807, 2.05) is 41.4 Å². The standard InChI is InChI=1S/C14H11BrClN3O/c15-10-1-3-11(4-2-10)20-12-5-6-14(13(16)7-12)19-9-17-8-18-19/h1-8H,9H2,(H,17,18). The summed E-state index contributed by atoms with van der Waals surface area (Å²) in [7, 11) is 0. The van der Waals surface area contributed by atoms with Crippen LogP contribution < -0.4 is 15.2 Å². The Morgan fingerprint density at radius 3 is 2.55 bits per heavy atom. The summed E-state index contributed by atoms with van der Waals surface area (Å²) in [5.41, 5.74) is 3.87. The van der Waals surface area contributed by atoms with Crippen LogP contribution in [0.2, 0.25) is 5.02 Å². The molecule has 0 spiro atoms. The second-order valence-corrected chi connectivity index (χ2v) is 5.50. The van der Waals surface area contributed by atoms with E-state index in [4.69, 9.17) is 16.3 Å². The minimum Gasteiger partial charge on any atom is -0.457 e. The van der Waals surface area contributed by atoms with E-state index in [1.165, 1.54) is 0 Å². The number of nitrogens with zero attached hydrogens (tertiary/aromatic N) is 2. The Morgan fingerprint density at radius 2 is 1.90 bits per heavy atom. The lowest BCUT2D eigenvalue weighted by atomic mass is 10.3. The summed E-state index contributed by atoms with van der Waals surface area (Å²) in [6.45, 7) is 0.548. The highest BCUT2D eigenvalue weighted by atomic mass is 79.9. The molecule has 2 aromatic rings. The molecular weight excluding hydrogens is 342 g/mol. The molecule has 4 nitrogen and oxygen atoms in total. The Morgan fingerprint density at radius 1 is 1.15 bits per heavy atom. The first-order valence-corrected chi connectivity index (χ1v) is 7.14. The van der Waals surface area contributed by atoms with Gasteiger partial charge in [0, 0.05) is 10.5 Å². The van der Waals surface area contributed by atoms with Gasteiger partial charge in [-0.2, -0.15) is 0 Å². The van der Waals surface area contributed by atoms with Crippen LogP contribution in [0.15, 0.2) is 51.9 Å². The maximum absolute atomic E-state index is 6.28. The highest BCUT2D eigenvalue weighted by Gasteiger charge is 2.12. The first-order chi connectivity index (χ1) is 9.72. The van der Waals surface area contributed by atoms with Gasteiger partial charge >= 0.3 is 0 Å². The molecular formula is C14H11BrClN3O. The lowest BCUT2D eigenvalue weighted by Crippen LogP contribution is -2.31. The smallest absolute Gasteiger partial charge is 0.131 e. The van der Waals surface area contributed by atoms with Crippen molar-refractivity contribution in [2.24, 2.45) is 4.99 Å². The van der Waals surface area contributed by atoms with E-state index in [0.29, 0.717) is 17.4 Å². The number of hydrogen-bond donors (Lipinski definition) is 1. The molecule has 1 aliphatic heterocycles. The van der Waals surface area contributed by atoms with Crippen molar-refractivity contribution in [3.05, 3.63) is 52.0 Å². The van der Waals surface area contributed by atoms with Gasteiger partial charge < -0.3 is 4.74 Å². The molecule has 0 saturated carbocycles. The van der Waals surface area contributed by atoms with Crippen molar-refractivity contribution in [1.29, 1.82) is 0 Å².